The molecule has 230 valence electrons. The molecular weight excluding hydrogens is 625 g/mol. The number of imide groups is 1. The standard InChI is InChI=1S/C41H29Cl2NO3/c1-24-13-22-32(25(2)23-24)44-37(45)35-36(38(44)46)41(29-16-20-31(43)21-17-29)34(27-11-7-4-8-12-27)33(26-9-5-3-6-10-26)40(35,39(41)47)28-14-18-30(42)19-15-28/h3-23,35-36H,1-2H3/t35-,36-,40-,41-/m0/s1. The summed E-state index contributed by atoms with van der Waals surface area (Å²) < 4.78 is 0. The number of aryl methyl sites for hydroxylation is 2. The van der Waals surface area contributed by atoms with Gasteiger partial charge in [0.15, 0.2) is 5.78 Å². The van der Waals surface area contributed by atoms with Gasteiger partial charge in [-0.2, -0.15) is 0 Å². The van der Waals surface area contributed by atoms with Gasteiger partial charge in [0.1, 0.15) is 0 Å². The Balaban J connectivity index is 1.56. The minimum Gasteiger partial charge on any atom is -0.297 e. The van der Waals surface area contributed by atoms with Crippen molar-refractivity contribution >= 4 is 57.6 Å². The van der Waals surface area contributed by atoms with E-state index >= 15 is 14.4 Å². The number of carbonyl (C=O) groups excluding carboxylic acids is 3. The van der Waals surface area contributed by atoms with Gasteiger partial charge in [-0.3, -0.25) is 14.4 Å². The minimum absolute atomic E-state index is 0.190. The van der Waals surface area contributed by atoms with E-state index in [0.29, 0.717) is 26.9 Å². The molecule has 2 bridgehead atoms. The van der Waals surface area contributed by atoms with Crippen LogP contribution in [0.3, 0.4) is 0 Å². The van der Waals surface area contributed by atoms with Gasteiger partial charge in [0.2, 0.25) is 11.8 Å². The number of benzene rings is 5. The number of nitrogens with zero attached hydrogens (tertiary/aromatic N) is 1. The first-order valence-corrected chi connectivity index (χ1v) is 16.4. The number of amides is 2. The normalized spacial score (nSPS) is 24.8. The summed E-state index contributed by atoms with van der Waals surface area (Å²) in [6.07, 6.45) is 0. The van der Waals surface area contributed by atoms with Crippen molar-refractivity contribution in [2.24, 2.45) is 11.8 Å². The third-order valence-electron chi connectivity index (χ3n) is 10.3. The van der Waals surface area contributed by atoms with Crippen LogP contribution in [-0.4, -0.2) is 17.6 Å². The summed E-state index contributed by atoms with van der Waals surface area (Å²) in [5.41, 5.74) is 3.73. The number of anilines is 1. The molecular formula is C41H29Cl2NO3. The molecule has 3 aliphatic rings. The van der Waals surface area contributed by atoms with E-state index in [9.17, 15) is 0 Å². The van der Waals surface area contributed by atoms with Gasteiger partial charge in [-0.25, -0.2) is 4.90 Å². The molecule has 5 aromatic carbocycles. The maximum absolute atomic E-state index is 16.0. The van der Waals surface area contributed by atoms with Crippen molar-refractivity contribution in [1.82, 2.24) is 0 Å². The van der Waals surface area contributed by atoms with Crippen molar-refractivity contribution in [1.29, 1.82) is 0 Å². The Labute approximate surface area is 283 Å². The molecule has 5 aromatic rings. The highest BCUT2D eigenvalue weighted by atomic mass is 35.5. The molecule has 1 aliphatic heterocycles. The highest BCUT2D eigenvalue weighted by molar-refractivity contribution is 6.39. The molecule has 4 nitrogen and oxygen atoms in total. The molecule has 1 saturated heterocycles. The molecule has 4 atom stereocenters. The Morgan fingerprint density at radius 3 is 1.38 bits per heavy atom. The molecule has 0 N–H and O–H groups in total. The summed E-state index contributed by atoms with van der Waals surface area (Å²) in [5.74, 6) is -2.98. The van der Waals surface area contributed by atoms with Gasteiger partial charge in [-0.05, 0) is 83.1 Å². The zero-order chi connectivity index (χ0) is 32.7. The molecule has 0 radical (unpaired) electrons. The van der Waals surface area contributed by atoms with Crippen LogP contribution < -0.4 is 4.90 Å². The predicted octanol–water partition coefficient (Wildman–Crippen LogP) is 8.80. The van der Waals surface area contributed by atoms with Gasteiger partial charge < -0.3 is 0 Å². The number of carbonyl (C=O) groups is 3. The first-order chi connectivity index (χ1) is 22.7. The van der Waals surface area contributed by atoms with Crippen molar-refractivity contribution in [3.8, 4) is 0 Å². The molecule has 1 saturated carbocycles. The molecule has 1 heterocycles. The van der Waals surface area contributed by atoms with Gasteiger partial charge >= 0.3 is 0 Å². The largest absolute Gasteiger partial charge is 0.297 e. The monoisotopic (exact) mass is 653 g/mol. The van der Waals surface area contributed by atoms with Crippen LogP contribution in [0.15, 0.2) is 127 Å². The van der Waals surface area contributed by atoms with Crippen molar-refractivity contribution in [2.45, 2.75) is 24.7 Å². The minimum atomic E-state index is -1.50. The number of hydrogen-bond acceptors (Lipinski definition) is 3. The van der Waals surface area contributed by atoms with Crippen LogP contribution in [0.25, 0.3) is 11.1 Å². The third kappa shape index (κ3) is 3.86. The second-order valence-electron chi connectivity index (χ2n) is 12.7. The molecule has 6 heteroatoms. The molecule has 2 aliphatic carbocycles. The summed E-state index contributed by atoms with van der Waals surface area (Å²) in [7, 11) is 0. The SMILES string of the molecule is Cc1ccc(N2C(=O)[C@@H]3[C@@H](C2=O)[C@@]2(c4ccc(Cl)cc4)C(=O)[C@@]3(c3ccc(Cl)cc3)C(c3ccccc3)=C2c2ccccc2)c(C)c1. The lowest BCUT2D eigenvalue weighted by Crippen LogP contribution is -2.45. The van der Waals surface area contributed by atoms with E-state index in [2.05, 4.69) is 0 Å². The summed E-state index contributed by atoms with van der Waals surface area (Å²) in [6.45, 7) is 3.88. The summed E-state index contributed by atoms with van der Waals surface area (Å²) in [5, 5.41) is 1.02. The fourth-order valence-corrected chi connectivity index (χ4v) is 8.90. The molecule has 2 amide bonds. The van der Waals surface area contributed by atoms with Crippen LogP contribution in [0.2, 0.25) is 10.0 Å². The number of hydrogen-bond donors (Lipinski definition) is 0. The Kier molecular flexibility index (Phi) is 6.70. The summed E-state index contributed by atoms with van der Waals surface area (Å²) >= 11 is 12.9. The van der Waals surface area contributed by atoms with Crippen LogP contribution in [0, 0.1) is 25.7 Å². The predicted molar refractivity (Wildman–Crippen MR) is 186 cm³/mol. The van der Waals surface area contributed by atoms with E-state index in [-0.39, 0.29) is 17.6 Å². The topological polar surface area (TPSA) is 54.5 Å². The number of ketones is 1. The summed E-state index contributed by atoms with van der Waals surface area (Å²) in [6, 6.07) is 39.6. The third-order valence-corrected chi connectivity index (χ3v) is 10.8. The Hall–Kier alpha value is -4.77. The van der Waals surface area contributed by atoms with Crippen molar-refractivity contribution in [3.05, 3.63) is 171 Å². The van der Waals surface area contributed by atoms with Gasteiger partial charge in [-0.15, -0.1) is 0 Å². The van der Waals surface area contributed by atoms with Crippen molar-refractivity contribution in [2.75, 3.05) is 4.90 Å². The van der Waals surface area contributed by atoms with Crippen LogP contribution in [-0.2, 0) is 25.2 Å². The lowest BCUT2D eigenvalue weighted by molar-refractivity contribution is -0.130. The maximum Gasteiger partial charge on any atom is 0.239 e. The Bertz CT molecular complexity index is 2010. The summed E-state index contributed by atoms with van der Waals surface area (Å²) in [4.78, 5) is 47.6. The van der Waals surface area contributed by atoms with E-state index in [1.165, 1.54) is 4.90 Å². The average Bonchev–Trinajstić information content (AvgIpc) is 3.58. The van der Waals surface area contributed by atoms with Gasteiger partial charge in [0, 0.05) is 10.0 Å². The fraction of sp³-hybridized carbons (Fsp3) is 0.146. The second-order valence-corrected chi connectivity index (χ2v) is 13.6. The van der Waals surface area contributed by atoms with E-state index in [4.69, 9.17) is 23.2 Å². The fourth-order valence-electron chi connectivity index (χ4n) is 8.65. The molecule has 47 heavy (non-hydrogen) atoms. The van der Waals surface area contributed by atoms with Gasteiger partial charge in [-0.1, -0.05) is 126 Å². The highest BCUT2D eigenvalue weighted by Gasteiger charge is 2.82. The average molecular weight is 655 g/mol. The Morgan fingerprint density at radius 1 is 0.553 bits per heavy atom. The lowest BCUT2D eigenvalue weighted by atomic mass is 9.59. The first kappa shape index (κ1) is 29.6. The molecule has 8 rings (SSSR count). The van der Waals surface area contributed by atoms with Crippen LogP contribution in [0.5, 0.6) is 0 Å². The van der Waals surface area contributed by atoms with Gasteiger partial charge in [0.25, 0.3) is 0 Å². The number of Topliss-reactive ketones (excluding diaryl/α,β-unsaturated/α-hetero) is 1. The number of fused-ring (bicyclic) bond motifs is 5. The smallest absolute Gasteiger partial charge is 0.239 e. The van der Waals surface area contributed by atoms with Crippen molar-refractivity contribution in [3.63, 3.8) is 0 Å². The van der Waals surface area contributed by atoms with Crippen LogP contribution in [0.4, 0.5) is 5.69 Å². The maximum atomic E-state index is 16.0. The van der Waals surface area contributed by atoms with E-state index in [1.807, 2.05) is 117 Å². The van der Waals surface area contributed by atoms with Crippen molar-refractivity contribution < 1.29 is 14.4 Å². The first-order valence-electron chi connectivity index (χ1n) is 15.6. The Morgan fingerprint density at radius 2 is 0.979 bits per heavy atom. The second kappa shape index (κ2) is 10.6. The van der Waals surface area contributed by atoms with Gasteiger partial charge in [0.05, 0.1) is 28.4 Å². The number of halogens is 2. The van der Waals surface area contributed by atoms with E-state index in [1.54, 1.807) is 24.3 Å². The highest BCUT2D eigenvalue weighted by Crippen LogP contribution is 2.74. The number of rotatable bonds is 5. The lowest BCUT2D eigenvalue weighted by Gasteiger charge is -2.39. The van der Waals surface area contributed by atoms with Crippen LogP contribution in [0.1, 0.15) is 33.4 Å². The van der Waals surface area contributed by atoms with Crippen LogP contribution >= 0.6 is 23.2 Å². The zero-order valence-electron chi connectivity index (χ0n) is 25.7. The molecule has 0 unspecified atom stereocenters. The molecule has 0 aromatic heterocycles. The van der Waals surface area contributed by atoms with E-state index in [0.717, 1.165) is 33.4 Å². The quantitative estimate of drug-likeness (QED) is 0.178. The number of allylic oxidation sites excluding steroid dienone is 2. The zero-order valence-corrected chi connectivity index (χ0v) is 27.2. The molecule has 2 fully saturated rings. The van der Waals surface area contributed by atoms with E-state index < -0.39 is 22.7 Å². The molecule has 0 spiro atoms.